The average molecular weight is 276 g/mol. The molecule has 0 saturated carbocycles. The Kier molecular flexibility index (Phi) is 4.24. The van der Waals surface area contributed by atoms with Gasteiger partial charge < -0.3 is 10.2 Å². The van der Waals surface area contributed by atoms with E-state index in [-0.39, 0.29) is 17.8 Å². The molecular weight excluding hydrogens is 256 g/mol. The van der Waals surface area contributed by atoms with Crippen molar-refractivity contribution in [2.24, 2.45) is 5.92 Å². The number of nitrogens with zero attached hydrogens (tertiary/aromatic N) is 1. The van der Waals surface area contributed by atoms with Crippen LogP contribution in [-0.2, 0) is 11.3 Å². The molecule has 1 heterocycles. The third-order valence-electron chi connectivity index (χ3n) is 3.80. The second-order valence-corrected chi connectivity index (χ2v) is 5.07. The summed E-state index contributed by atoms with van der Waals surface area (Å²) in [6.07, 6.45) is 0.809. The SMILES string of the molecule is CCC(C)[C@H]1C(=O)Nc2ccccc2CN1C(=N)NO. The van der Waals surface area contributed by atoms with E-state index in [0.717, 1.165) is 17.7 Å². The zero-order chi connectivity index (χ0) is 14.7. The summed E-state index contributed by atoms with van der Waals surface area (Å²) in [5, 5.41) is 19.8. The summed E-state index contributed by atoms with van der Waals surface area (Å²) < 4.78 is 0. The van der Waals surface area contributed by atoms with Gasteiger partial charge in [0.25, 0.3) is 0 Å². The fraction of sp³-hybridized carbons (Fsp3) is 0.429. The fourth-order valence-electron chi connectivity index (χ4n) is 2.48. The first kappa shape index (κ1) is 14.3. The number of fused-ring (bicyclic) bond motifs is 1. The predicted octanol–water partition coefficient (Wildman–Crippen LogP) is 1.77. The number of amides is 1. The molecule has 6 heteroatoms. The molecule has 1 aliphatic heterocycles. The highest BCUT2D eigenvalue weighted by Crippen LogP contribution is 2.26. The highest BCUT2D eigenvalue weighted by Gasteiger charge is 2.35. The molecule has 0 spiro atoms. The van der Waals surface area contributed by atoms with E-state index >= 15 is 0 Å². The van der Waals surface area contributed by atoms with Crippen LogP contribution >= 0.6 is 0 Å². The summed E-state index contributed by atoms with van der Waals surface area (Å²) in [6.45, 7) is 4.37. The smallest absolute Gasteiger partial charge is 0.247 e. The van der Waals surface area contributed by atoms with Crippen molar-refractivity contribution < 1.29 is 10.0 Å². The average Bonchev–Trinajstić information content (AvgIpc) is 2.61. The number of carbonyl (C=O) groups is 1. The number of anilines is 1. The summed E-state index contributed by atoms with van der Waals surface area (Å²) in [6, 6.07) is 7.03. The molecule has 20 heavy (non-hydrogen) atoms. The molecule has 1 aliphatic rings. The minimum absolute atomic E-state index is 0.0676. The predicted molar refractivity (Wildman–Crippen MR) is 76.5 cm³/mol. The summed E-state index contributed by atoms with van der Waals surface area (Å²) in [5.41, 5.74) is 3.54. The highest BCUT2D eigenvalue weighted by atomic mass is 16.5. The van der Waals surface area contributed by atoms with E-state index < -0.39 is 6.04 Å². The minimum atomic E-state index is -0.487. The molecule has 2 rings (SSSR count). The van der Waals surface area contributed by atoms with Crippen LogP contribution < -0.4 is 10.8 Å². The van der Waals surface area contributed by atoms with E-state index in [0.29, 0.717) is 6.54 Å². The molecule has 0 fully saturated rings. The Morgan fingerprint density at radius 1 is 1.60 bits per heavy atom. The van der Waals surface area contributed by atoms with Gasteiger partial charge in [-0.3, -0.25) is 15.4 Å². The van der Waals surface area contributed by atoms with Crippen LogP contribution in [0, 0.1) is 11.3 Å². The minimum Gasteiger partial charge on any atom is -0.325 e. The van der Waals surface area contributed by atoms with E-state index in [1.807, 2.05) is 43.6 Å². The van der Waals surface area contributed by atoms with Gasteiger partial charge in [-0.05, 0) is 17.5 Å². The number of hydrogen-bond acceptors (Lipinski definition) is 3. The Hall–Kier alpha value is -2.08. The van der Waals surface area contributed by atoms with Crippen molar-refractivity contribution >= 4 is 17.6 Å². The van der Waals surface area contributed by atoms with Gasteiger partial charge in [0.2, 0.25) is 11.9 Å². The first-order valence-corrected chi connectivity index (χ1v) is 6.72. The third kappa shape index (κ3) is 2.60. The van der Waals surface area contributed by atoms with Crippen molar-refractivity contribution in [3.05, 3.63) is 29.8 Å². The van der Waals surface area contributed by atoms with E-state index in [4.69, 9.17) is 10.6 Å². The lowest BCUT2D eigenvalue weighted by atomic mass is 9.97. The normalized spacial score (nSPS) is 19.6. The molecule has 0 radical (unpaired) electrons. The summed E-state index contributed by atoms with van der Waals surface area (Å²) in [7, 11) is 0. The Labute approximate surface area is 118 Å². The van der Waals surface area contributed by atoms with Crippen molar-refractivity contribution in [1.82, 2.24) is 10.4 Å². The Morgan fingerprint density at radius 3 is 2.95 bits per heavy atom. The molecule has 2 atom stereocenters. The van der Waals surface area contributed by atoms with Crippen molar-refractivity contribution in [2.75, 3.05) is 5.32 Å². The monoisotopic (exact) mass is 276 g/mol. The van der Waals surface area contributed by atoms with Gasteiger partial charge >= 0.3 is 0 Å². The van der Waals surface area contributed by atoms with Gasteiger partial charge in [-0.1, -0.05) is 38.5 Å². The number of benzene rings is 1. The van der Waals surface area contributed by atoms with Crippen LogP contribution in [0.4, 0.5) is 5.69 Å². The van der Waals surface area contributed by atoms with Crippen LogP contribution in [0.2, 0.25) is 0 Å². The quantitative estimate of drug-likeness (QED) is 0.376. The number of guanidine groups is 1. The number of nitrogens with one attached hydrogen (secondary N) is 3. The first-order valence-electron chi connectivity index (χ1n) is 6.72. The van der Waals surface area contributed by atoms with Crippen LogP contribution in [0.3, 0.4) is 0 Å². The Balaban J connectivity index is 2.42. The number of hydrogen-bond donors (Lipinski definition) is 4. The van der Waals surface area contributed by atoms with Crippen molar-refractivity contribution in [3.8, 4) is 0 Å². The van der Waals surface area contributed by atoms with E-state index in [1.165, 1.54) is 0 Å². The van der Waals surface area contributed by atoms with Gasteiger partial charge in [-0.2, -0.15) is 0 Å². The molecule has 6 nitrogen and oxygen atoms in total. The van der Waals surface area contributed by atoms with E-state index in [2.05, 4.69) is 5.32 Å². The maximum absolute atomic E-state index is 12.4. The van der Waals surface area contributed by atoms with Gasteiger partial charge in [0.15, 0.2) is 0 Å². The van der Waals surface area contributed by atoms with Crippen LogP contribution in [0.5, 0.6) is 0 Å². The molecular formula is C14H20N4O2. The molecule has 0 saturated heterocycles. The van der Waals surface area contributed by atoms with Gasteiger partial charge in [0.05, 0.1) is 0 Å². The first-order chi connectivity index (χ1) is 9.58. The van der Waals surface area contributed by atoms with Gasteiger partial charge in [-0.15, -0.1) is 0 Å². The second-order valence-electron chi connectivity index (χ2n) is 5.07. The number of hydroxylamine groups is 1. The Morgan fingerprint density at radius 2 is 2.30 bits per heavy atom. The summed E-state index contributed by atoms with van der Waals surface area (Å²) in [5.74, 6) is -0.246. The van der Waals surface area contributed by atoms with Crippen molar-refractivity contribution in [1.29, 1.82) is 5.41 Å². The molecule has 0 bridgehead atoms. The standard InChI is InChI=1S/C14H20N4O2/c1-3-9(2)12-13(19)16-11-7-5-4-6-10(11)8-18(12)14(15)17-20/h4-7,9,12,20H,3,8H2,1-2H3,(H2,15,17)(H,16,19)/t9?,12-/m0/s1. The molecule has 1 aromatic carbocycles. The highest BCUT2D eigenvalue weighted by molar-refractivity contribution is 5.99. The van der Waals surface area contributed by atoms with E-state index in [1.54, 1.807) is 4.90 Å². The molecule has 0 aliphatic carbocycles. The maximum Gasteiger partial charge on any atom is 0.247 e. The maximum atomic E-state index is 12.4. The molecule has 1 amide bonds. The number of para-hydroxylation sites is 1. The van der Waals surface area contributed by atoms with E-state index in [9.17, 15) is 4.79 Å². The number of carbonyl (C=O) groups excluding carboxylic acids is 1. The molecule has 1 aromatic rings. The Bertz CT molecular complexity index is 518. The summed E-state index contributed by atoms with van der Waals surface area (Å²) >= 11 is 0. The molecule has 1 unspecified atom stereocenters. The van der Waals surface area contributed by atoms with Gasteiger partial charge in [0, 0.05) is 12.2 Å². The van der Waals surface area contributed by atoms with Crippen LogP contribution in [0.15, 0.2) is 24.3 Å². The lowest BCUT2D eigenvalue weighted by Crippen LogP contribution is -2.52. The van der Waals surface area contributed by atoms with Crippen molar-refractivity contribution in [2.45, 2.75) is 32.9 Å². The number of rotatable bonds is 2. The van der Waals surface area contributed by atoms with Crippen LogP contribution in [0.25, 0.3) is 0 Å². The lowest BCUT2D eigenvalue weighted by molar-refractivity contribution is -0.121. The lowest BCUT2D eigenvalue weighted by Gasteiger charge is -2.33. The molecule has 4 N–H and O–H groups in total. The molecule has 0 aromatic heterocycles. The second kappa shape index (κ2) is 5.92. The topological polar surface area (TPSA) is 88.5 Å². The van der Waals surface area contributed by atoms with Crippen molar-refractivity contribution in [3.63, 3.8) is 0 Å². The third-order valence-corrected chi connectivity index (χ3v) is 3.80. The summed E-state index contributed by atoms with van der Waals surface area (Å²) in [4.78, 5) is 14.0. The largest absolute Gasteiger partial charge is 0.325 e. The van der Waals surface area contributed by atoms with Crippen LogP contribution in [0.1, 0.15) is 25.8 Å². The molecule has 108 valence electrons. The van der Waals surface area contributed by atoms with Gasteiger partial charge in [-0.25, -0.2) is 5.48 Å². The zero-order valence-electron chi connectivity index (χ0n) is 11.7. The zero-order valence-corrected chi connectivity index (χ0v) is 11.7. The van der Waals surface area contributed by atoms with Crippen LogP contribution in [-0.4, -0.2) is 28.0 Å². The fourth-order valence-corrected chi connectivity index (χ4v) is 2.48. The van der Waals surface area contributed by atoms with Gasteiger partial charge in [0.1, 0.15) is 6.04 Å².